The van der Waals surface area contributed by atoms with Gasteiger partial charge in [-0.25, -0.2) is 9.67 Å². The van der Waals surface area contributed by atoms with Crippen molar-refractivity contribution in [2.45, 2.75) is 5.16 Å². The average Bonchev–Trinajstić information content (AvgIpc) is 3.37. The molecule has 0 saturated carbocycles. The van der Waals surface area contributed by atoms with Gasteiger partial charge >= 0.3 is 0 Å². The molecule has 0 saturated heterocycles. The molecule has 158 valence electrons. The third kappa shape index (κ3) is 4.81. The number of ether oxygens (including phenoxy) is 1. The lowest BCUT2D eigenvalue weighted by Gasteiger charge is -2.06. The fraction of sp³-hybridized carbons (Fsp3) is 0.158. The van der Waals surface area contributed by atoms with E-state index in [-0.39, 0.29) is 17.6 Å². The number of hydrogen-bond donors (Lipinski definition) is 2. The summed E-state index contributed by atoms with van der Waals surface area (Å²) in [6, 6.07) is 12.2. The third-order valence-corrected chi connectivity index (χ3v) is 6.11. The molecular weight excluding hydrogens is 438 g/mol. The number of thiazole rings is 1. The molecule has 2 N–H and O–H groups in total. The van der Waals surface area contributed by atoms with Crippen LogP contribution in [-0.4, -0.2) is 49.9 Å². The van der Waals surface area contributed by atoms with E-state index >= 15 is 0 Å². The fourth-order valence-corrected chi connectivity index (χ4v) is 4.21. The van der Waals surface area contributed by atoms with Crippen LogP contribution in [0.5, 0.6) is 5.75 Å². The van der Waals surface area contributed by atoms with E-state index in [0.717, 1.165) is 4.70 Å². The average molecular weight is 456 g/mol. The Morgan fingerprint density at radius 2 is 1.97 bits per heavy atom. The van der Waals surface area contributed by atoms with Gasteiger partial charge in [0, 0.05) is 18.3 Å². The van der Waals surface area contributed by atoms with E-state index in [1.54, 1.807) is 38.4 Å². The maximum atomic E-state index is 12.6. The number of carbonyl (C=O) groups excluding carboxylic acids is 2. The molecule has 2 aromatic heterocycles. The maximum Gasteiger partial charge on any atom is 0.257 e. The molecule has 31 heavy (non-hydrogen) atoms. The molecule has 0 fully saturated rings. The van der Waals surface area contributed by atoms with Crippen LogP contribution in [0.25, 0.3) is 10.2 Å². The number of nitrogens with zero attached hydrogens (tertiary/aromatic N) is 5. The van der Waals surface area contributed by atoms with E-state index in [0.29, 0.717) is 32.8 Å². The molecule has 2 heterocycles. The minimum Gasteiger partial charge on any atom is -0.494 e. The zero-order valence-electron chi connectivity index (χ0n) is 16.5. The van der Waals surface area contributed by atoms with Crippen molar-refractivity contribution in [2.75, 3.05) is 23.5 Å². The number of amides is 2. The summed E-state index contributed by atoms with van der Waals surface area (Å²) >= 11 is 2.60. The first-order valence-corrected chi connectivity index (χ1v) is 10.8. The molecule has 2 aromatic carbocycles. The molecule has 0 bridgehead atoms. The number of benzene rings is 2. The molecule has 0 atom stereocenters. The maximum absolute atomic E-state index is 12.6. The lowest BCUT2D eigenvalue weighted by molar-refractivity contribution is -0.113. The number of methoxy groups -OCH3 is 1. The number of aryl methyl sites for hydroxylation is 1. The predicted molar refractivity (Wildman–Crippen MR) is 119 cm³/mol. The Morgan fingerprint density at radius 3 is 2.68 bits per heavy atom. The number of anilines is 2. The van der Waals surface area contributed by atoms with Crippen molar-refractivity contribution in [3.05, 3.63) is 48.0 Å². The SMILES string of the molecule is COc1cccc2sc(NC(=O)c3ccc(NC(=O)CSc4nnnn4C)cc3)nc12. The lowest BCUT2D eigenvalue weighted by atomic mass is 10.2. The highest BCUT2D eigenvalue weighted by molar-refractivity contribution is 7.99. The van der Waals surface area contributed by atoms with E-state index in [1.165, 1.54) is 27.8 Å². The minimum absolute atomic E-state index is 0.164. The minimum atomic E-state index is -0.291. The number of carbonyl (C=O) groups is 2. The Balaban J connectivity index is 1.36. The summed E-state index contributed by atoms with van der Waals surface area (Å²) in [6.45, 7) is 0. The number of tetrazole rings is 1. The first-order valence-electron chi connectivity index (χ1n) is 9.03. The van der Waals surface area contributed by atoms with Crippen molar-refractivity contribution < 1.29 is 14.3 Å². The quantitative estimate of drug-likeness (QED) is 0.408. The molecule has 2 amide bonds. The largest absolute Gasteiger partial charge is 0.494 e. The molecule has 4 rings (SSSR count). The molecular formula is C19H17N7O3S2. The number of fused-ring (bicyclic) bond motifs is 1. The van der Waals surface area contributed by atoms with E-state index in [9.17, 15) is 9.59 Å². The van der Waals surface area contributed by atoms with Gasteiger partial charge in [-0.2, -0.15) is 0 Å². The standard InChI is InChI=1S/C19H17N7O3S2/c1-26-19(23-24-25-26)30-10-15(27)20-12-8-6-11(7-9-12)17(28)22-18-21-16-13(29-2)4-3-5-14(16)31-18/h3-9H,10H2,1-2H3,(H,20,27)(H,21,22,28). The first kappa shape index (κ1) is 20.8. The van der Waals surface area contributed by atoms with Crippen molar-refractivity contribution in [1.29, 1.82) is 0 Å². The van der Waals surface area contributed by atoms with Crippen LogP contribution >= 0.6 is 23.1 Å². The van der Waals surface area contributed by atoms with Crippen LogP contribution in [0.2, 0.25) is 0 Å². The van der Waals surface area contributed by atoms with Gasteiger partial charge in [-0.05, 0) is 46.8 Å². The van der Waals surface area contributed by atoms with Gasteiger partial charge in [0.2, 0.25) is 11.1 Å². The van der Waals surface area contributed by atoms with Crippen LogP contribution in [0, 0.1) is 0 Å². The van der Waals surface area contributed by atoms with Crippen molar-refractivity contribution in [3.63, 3.8) is 0 Å². The normalized spacial score (nSPS) is 10.8. The third-order valence-electron chi connectivity index (χ3n) is 4.17. The molecule has 0 aliphatic heterocycles. The summed E-state index contributed by atoms with van der Waals surface area (Å²) in [7, 11) is 3.28. The van der Waals surface area contributed by atoms with Crippen molar-refractivity contribution in [2.24, 2.45) is 7.05 Å². The van der Waals surface area contributed by atoms with Crippen LogP contribution < -0.4 is 15.4 Å². The van der Waals surface area contributed by atoms with Crippen LogP contribution in [0.1, 0.15) is 10.4 Å². The van der Waals surface area contributed by atoms with Gasteiger partial charge in [0.1, 0.15) is 11.3 Å². The number of nitrogens with one attached hydrogen (secondary N) is 2. The van der Waals surface area contributed by atoms with Crippen LogP contribution in [-0.2, 0) is 11.8 Å². The Kier molecular flexibility index (Phi) is 6.09. The second-order valence-corrected chi connectivity index (χ2v) is 8.25. The highest BCUT2D eigenvalue weighted by atomic mass is 32.2. The van der Waals surface area contributed by atoms with E-state index in [1.807, 2.05) is 18.2 Å². The van der Waals surface area contributed by atoms with Crippen LogP contribution in [0.15, 0.2) is 47.6 Å². The Bertz CT molecular complexity index is 1240. The second kappa shape index (κ2) is 9.10. The van der Waals surface area contributed by atoms with Gasteiger partial charge in [0.15, 0.2) is 5.13 Å². The fourth-order valence-electron chi connectivity index (χ4n) is 2.69. The summed E-state index contributed by atoms with van der Waals surface area (Å²) in [5, 5.41) is 17.7. The van der Waals surface area contributed by atoms with Gasteiger partial charge in [0.05, 0.1) is 17.6 Å². The van der Waals surface area contributed by atoms with Crippen molar-refractivity contribution in [1.82, 2.24) is 25.2 Å². The van der Waals surface area contributed by atoms with Crippen LogP contribution in [0.4, 0.5) is 10.8 Å². The highest BCUT2D eigenvalue weighted by Crippen LogP contribution is 2.32. The topological polar surface area (TPSA) is 124 Å². The van der Waals surface area contributed by atoms with Crippen molar-refractivity contribution in [3.8, 4) is 5.75 Å². The smallest absolute Gasteiger partial charge is 0.257 e. The Hall–Kier alpha value is -3.51. The molecule has 0 spiro atoms. The van der Waals surface area contributed by atoms with Gasteiger partial charge in [-0.3, -0.25) is 14.9 Å². The van der Waals surface area contributed by atoms with Crippen LogP contribution in [0.3, 0.4) is 0 Å². The summed E-state index contributed by atoms with van der Waals surface area (Å²) < 4.78 is 7.72. The zero-order valence-corrected chi connectivity index (χ0v) is 18.2. The number of thioether (sulfide) groups is 1. The Labute approximate surface area is 185 Å². The van der Waals surface area contributed by atoms with E-state index < -0.39 is 0 Å². The number of rotatable bonds is 7. The number of hydrogen-bond acceptors (Lipinski definition) is 9. The summed E-state index contributed by atoms with van der Waals surface area (Å²) in [4.78, 5) is 29.1. The van der Waals surface area contributed by atoms with E-state index in [2.05, 4.69) is 31.1 Å². The summed E-state index contributed by atoms with van der Waals surface area (Å²) in [5.41, 5.74) is 1.74. The highest BCUT2D eigenvalue weighted by Gasteiger charge is 2.13. The number of para-hydroxylation sites is 1. The molecule has 12 heteroatoms. The van der Waals surface area contributed by atoms with E-state index in [4.69, 9.17) is 4.74 Å². The summed E-state index contributed by atoms with van der Waals surface area (Å²) in [6.07, 6.45) is 0. The summed E-state index contributed by atoms with van der Waals surface area (Å²) in [5.74, 6) is 0.329. The zero-order chi connectivity index (χ0) is 21.8. The van der Waals surface area contributed by atoms with Gasteiger partial charge in [-0.15, -0.1) is 5.10 Å². The van der Waals surface area contributed by atoms with Gasteiger partial charge in [0.25, 0.3) is 5.91 Å². The number of aromatic nitrogens is 5. The van der Waals surface area contributed by atoms with Crippen molar-refractivity contribution >= 4 is 55.9 Å². The predicted octanol–water partition coefficient (Wildman–Crippen LogP) is 2.81. The Morgan fingerprint density at radius 1 is 1.16 bits per heavy atom. The molecule has 4 aromatic rings. The lowest BCUT2D eigenvalue weighted by Crippen LogP contribution is -2.15. The second-order valence-electron chi connectivity index (χ2n) is 6.28. The molecule has 0 unspecified atom stereocenters. The molecule has 0 radical (unpaired) electrons. The molecule has 0 aliphatic rings. The van der Waals surface area contributed by atoms with Gasteiger partial charge < -0.3 is 10.1 Å². The monoisotopic (exact) mass is 455 g/mol. The molecule has 10 nitrogen and oxygen atoms in total. The first-order chi connectivity index (χ1) is 15.0. The van der Waals surface area contributed by atoms with Gasteiger partial charge in [-0.1, -0.05) is 29.2 Å². The molecule has 0 aliphatic carbocycles.